The van der Waals surface area contributed by atoms with Gasteiger partial charge in [-0.2, -0.15) is 0 Å². The molecule has 0 spiro atoms. The summed E-state index contributed by atoms with van der Waals surface area (Å²) in [6.07, 6.45) is 1.33. The molecule has 1 aromatic rings. The maximum Gasteiger partial charge on any atom is 0.303 e. The Kier molecular flexibility index (Phi) is 5.58. The Hall–Kier alpha value is -1.47. The second-order valence-electron chi connectivity index (χ2n) is 3.44. The molecule has 1 amide bonds. The van der Waals surface area contributed by atoms with Crippen molar-refractivity contribution in [2.75, 3.05) is 6.54 Å². The van der Waals surface area contributed by atoms with Crippen LogP contribution in [-0.4, -0.2) is 28.5 Å². The van der Waals surface area contributed by atoms with Crippen molar-refractivity contribution in [1.29, 1.82) is 0 Å². The number of nitrogens with zero attached hydrogens (tertiary/aromatic N) is 1. The van der Waals surface area contributed by atoms with Crippen molar-refractivity contribution in [3.63, 3.8) is 0 Å². The molecule has 0 radical (unpaired) electrons. The van der Waals surface area contributed by atoms with Gasteiger partial charge in [-0.15, -0.1) is 11.3 Å². The molecule has 0 aliphatic rings. The zero-order valence-corrected chi connectivity index (χ0v) is 10.1. The number of thiazole rings is 1. The Morgan fingerprint density at radius 2 is 2.24 bits per heavy atom. The molecule has 0 aromatic carbocycles. The van der Waals surface area contributed by atoms with E-state index in [1.165, 1.54) is 11.3 Å². The first-order chi connectivity index (χ1) is 8.13. The second kappa shape index (κ2) is 6.97. The van der Waals surface area contributed by atoms with E-state index in [-0.39, 0.29) is 12.3 Å². The van der Waals surface area contributed by atoms with Crippen LogP contribution in [0.2, 0.25) is 0 Å². The van der Waals surface area contributed by atoms with Gasteiger partial charge in [0, 0.05) is 24.9 Å². The van der Waals surface area contributed by atoms with Gasteiger partial charge in [0.25, 0.3) is 5.91 Å². The van der Waals surface area contributed by atoms with Gasteiger partial charge in [-0.25, -0.2) is 4.98 Å². The number of carbonyl (C=O) groups excluding carboxylic acids is 1. The van der Waals surface area contributed by atoms with E-state index in [9.17, 15) is 9.59 Å². The molecule has 0 bridgehead atoms. The fourth-order valence-corrected chi connectivity index (χ4v) is 1.86. The molecule has 17 heavy (non-hydrogen) atoms. The van der Waals surface area contributed by atoms with Crippen LogP contribution in [-0.2, 0) is 11.3 Å². The smallest absolute Gasteiger partial charge is 0.303 e. The van der Waals surface area contributed by atoms with E-state index in [1.807, 2.05) is 0 Å². The normalized spacial score (nSPS) is 10.2. The van der Waals surface area contributed by atoms with Crippen LogP contribution in [0.5, 0.6) is 0 Å². The highest BCUT2D eigenvalue weighted by Crippen LogP contribution is 2.08. The van der Waals surface area contributed by atoms with E-state index in [0.29, 0.717) is 31.6 Å². The number of aliphatic carboxylic acids is 1. The van der Waals surface area contributed by atoms with E-state index in [1.54, 1.807) is 5.38 Å². The lowest BCUT2D eigenvalue weighted by Crippen LogP contribution is -2.24. The maximum atomic E-state index is 11.5. The first-order valence-corrected chi connectivity index (χ1v) is 6.16. The van der Waals surface area contributed by atoms with E-state index in [4.69, 9.17) is 10.8 Å². The molecule has 0 saturated carbocycles. The molecule has 1 aromatic heterocycles. The highest BCUT2D eigenvalue weighted by Gasteiger charge is 2.09. The molecule has 0 unspecified atom stereocenters. The van der Waals surface area contributed by atoms with Gasteiger partial charge in [0.15, 0.2) is 0 Å². The number of unbranched alkanes of at least 4 members (excludes halogenated alkanes) is 1. The van der Waals surface area contributed by atoms with Crippen molar-refractivity contribution in [3.8, 4) is 0 Å². The molecule has 0 fully saturated rings. The van der Waals surface area contributed by atoms with Gasteiger partial charge < -0.3 is 16.2 Å². The van der Waals surface area contributed by atoms with Gasteiger partial charge in [-0.3, -0.25) is 9.59 Å². The van der Waals surface area contributed by atoms with Crippen molar-refractivity contribution < 1.29 is 14.7 Å². The third-order valence-corrected chi connectivity index (χ3v) is 2.93. The predicted molar refractivity (Wildman–Crippen MR) is 63.8 cm³/mol. The van der Waals surface area contributed by atoms with Crippen LogP contribution in [0, 0.1) is 0 Å². The number of carboxylic acids is 1. The fraction of sp³-hybridized carbons (Fsp3) is 0.500. The Balaban J connectivity index is 2.23. The topological polar surface area (TPSA) is 105 Å². The number of carboxylic acid groups (broad SMARTS) is 1. The van der Waals surface area contributed by atoms with Crippen LogP contribution in [0.25, 0.3) is 0 Å². The van der Waals surface area contributed by atoms with Gasteiger partial charge in [-0.05, 0) is 12.8 Å². The third kappa shape index (κ3) is 4.92. The number of aromatic nitrogens is 1. The number of nitrogens with two attached hydrogens (primary N) is 1. The molecule has 4 N–H and O–H groups in total. The van der Waals surface area contributed by atoms with Crippen LogP contribution in [0.4, 0.5) is 0 Å². The molecule has 94 valence electrons. The van der Waals surface area contributed by atoms with Crippen molar-refractivity contribution in [2.24, 2.45) is 5.73 Å². The Morgan fingerprint density at radius 3 is 2.82 bits per heavy atom. The number of carbonyl (C=O) groups is 2. The molecule has 1 heterocycles. The molecule has 0 atom stereocenters. The van der Waals surface area contributed by atoms with Crippen molar-refractivity contribution in [3.05, 3.63) is 16.1 Å². The molecule has 7 heteroatoms. The third-order valence-electron chi connectivity index (χ3n) is 2.06. The quantitative estimate of drug-likeness (QED) is 0.620. The number of rotatable bonds is 7. The second-order valence-corrected chi connectivity index (χ2v) is 4.38. The number of hydrogen-bond donors (Lipinski definition) is 3. The summed E-state index contributed by atoms with van der Waals surface area (Å²) in [7, 11) is 0. The number of nitrogens with one attached hydrogen (secondary N) is 1. The van der Waals surface area contributed by atoms with Crippen molar-refractivity contribution in [2.45, 2.75) is 25.8 Å². The lowest BCUT2D eigenvalue weighted by Gasteiger charge is -2.01. The van der Waals surface area contributed by atoms with Gasteiger partial charge in [0.2, 0.25) is 0 Å². The zero-order chi connectivity index (χ0) is 12.7. The highest BCUT2D eigenvalue weighted by molar-refractivity contribution is 7.09. The Bertz CT molecular complexity index is 392. The molecule has 1 rings (SSSR count). The van der Waals surface area contributed by atoms with Crippen LogP contribution in [0.3, 0.4) is 0 Å². The van der Waals surface area contributed by atoms with Crippen LogP contribution in [0.15, 0.2) is 5.38 Å². The SMILES string of the molecule is NCc1nc(C(=O)NCCCCC(=O)O)cs1. The van der Waals surface area contributed by atoms with Gasteiger partial charge in [0.05, 0.1) is 0 Å². The summed E-state index contributed by atoms with van der Waals surface area (Å²) in [5.41, 5.74) is 5.76. The lowest BCUT2D eigenvalue weighted by atomic mass is 10.2. The number of amides is 1. The molecule has 6 nitrogen and oxygen atoms in total. The van der Waals surface area contributed by atoms with Crippen LogP contribution >= 0.6 is 11.3 Å². The summed E-state index contributed by atoms with van der Waals surface area (Å²) < 4.78 is 0. The van der Waals surface area contributed by atoms with Crippen molar-refractivity contribution in [1.82, 2.24) is 10.3 Å². The number of hydrogen-bond acceptors (Lipinski definition) is 5. The van der Waals surface area contributed by atoms with E-state index in [2.05, 4.69) is 10.3 Å². The van der Waals surface area contributed by atoms with Crippen LogP contribution < -0.4 is 11.1 Å². The van der Waals surface area contributed by atoms with E-state index < -0.39 is 5.97 Å². The highest BCUT2D eigenvalue weighted by atomic mass is 32.1. The monoisotopic (exact) mass is 257 g/mol. The maximum absolute atomic E-state index is 11.5. The Labute approximate surface area is 103 Å². The first kappa shape index (κ1) is 13.6. The average molecular weight is 257 g/mol. The van der Waals surface area contributed by atoms with Crippen molar-refractivity contribution >= 4 is 23.2 Å². The molecule has 0 aliphatic heterocycles. The first-order valence-electron chi connectivity index (χ1n) is 5.28. The molecular weight excluding hydrogens is 242 g/mol. The fourth-order valence-electron chi connectivity index (χ4n) is 1.20. The minimum atomic E-state index is -0.816. The largest absolute Gasteiger partial charge is 0.481 e. The standard InChI is InChI=1S/C10H15N3O3S/c11-5-8-13-7(6-17-8)10(16)12-4-2-1-3-9(14)15/h6H,1-5,11H2,(H,12,16)(H,14,15). The minimum absolute atomic E-state index is 0.129. The van der Waals surface area contributed by atoms with E-state index >= 15 is 0 Å². The molecule has 0 saturated heterocycles. The van der Waals surface area contributed by atoms with E-state index in [0.717, 1.165) is 5.01 Å². The summed E-state index contributed by atoms with van der Waals surface area (Å²) in [4.78, 5) is 25.8. The predicted octanol–water partition coefficient (Wildman–Crippen LogP) is 0.586. The van der Waals surface area contributed by atoms with Gasteiger partial charge >= 0.3 is 5.97 Å². The summed E-state index contributed by atoms with van der Waals surface area (Å²) in [5.74, 6) is -1.06. The summed E-state index contributed by atoms with van der Waals surface area (Å²) in [6.45, 7) is 0.790. The average Bonchev–Trinajstić information content (AvgIpc) is 2.76. The van der Waals surface area contributed by atoms with Crippen LogP contribution in [0.1, 0.15) is 34.8 Å². The summed E-state index contributed by atoms with van der Waals surface area (Å²) in [6, 6.07) is 0. The van der Waals surface area contributed by atoms with Gasteiger partial charge in [0.1, 0.15) is 10.7 Å². The van der Waals surface area contributed by atoms with Gasteiger partial charge in [-0.1, -0.05) is 0 Å². The molecule has 0 aliphatic carbocycles. The minimum Gasteiger partial charge on any atom is -0.481 e. The molecular formula is C10H15N3O3S. The summed E-state index contributed by atoms with van der Waals surface area (Å²) >= 11 is 1.35. The Morgan fingerprint density at radius 1 is 1.47 bits per heavy atom. The summed E-state index contributed by atoms with van der Waals surface area (Å²) in [5, 5.41) is 13.5. The lowest BCUT2D eigenvalue weighted by molar-refractivity contribution is -0.137. The zero-order valence-electron chi connectivity index (χ0n) is 9.31.